The fraction of sp³-hybridized carbons (Fsp3) is 1.00. The van der Waals surface area contributed by atoms with Gasteiger partial charge in [-0.25, -0.2) is 0 Å². The van der Waals surface area contributed by atoms with E-state index in [2.05, 4.69) is 31.4 Å². The molecule has 1 aliphatic carbocycles. The summed E-state index contributed by atoms with van der Waals surface area (Å²) in [6, 6.07) is 0.664. The average molecular weight is 231 g/mol. The summed E-state index contributed by atoms with van der Waals surface area (Å²) in [6.07, 6.45) is 3.93. The molecule has 1 aliphatic rings. The number of thiol groups is 1. The van der Waals surface area contributed by atoms with Crippen LogP contribution in [0.15, 0.2) is 0 Å². The molecule has 0 bridgehead atoms. The lowest BCUT2D eigenvalue weighted by Crippen LogP contribution is -2.40. The fourth-order valence-corrected chi connectivity index (χ4v) is 2.31. The highest BCUT2D eigenvalue weighted by Gasteiger charge is 2.42. The molecule has 1 fully saturated rings. The van der Waals surface area contributed by atoms with Gasteiger partial charge in [0.05, 0.1) is 6.61 Å². The zero-order valence-electron chi connectivity index (χ0n) is 10.3. The molecule has 1 rings (SSSR count). The van der Waals surface area contributed by atoms with E-state index < -0.39 is 0 Å². The van der Waals surface area contributed by atoms with Crippen molar-refractivity contribution in [1.29, 1.82) is 0 Å². The number of hydrogen-bond acceptors (Lipinski definition) is 3. The minimum atomic E-state index is 0.528. The molecule has 2 nitrogen and oxygen atoms in total. The molecule has 1 unspecified atom stereocenters. The van der Waals surface area contributed by atoms with Crippen molar-refractivity contribution in [1.82, 2.24) is 4.90 Å². The Balaban J connectivity index is 2.41. The topological polar surface area (TPSA) is 12.5 Å². The molecule has 15 heavy (non-hydrogen) atoms. The van der Waals surface area contributed by atoms with Gasteiger partial charge in [-0.2, -0.15) is 12.6 Å². The van der Waals surface area contributed by atoms with Crippen LogP contribution in [0.3, 0.4) is 0 Å². The van der Waals surface area contributed by atoms with Gasteiger partial charge in [-0.15, -0.1) is 0 Å². The lowest BCUT2D eigenvalue weighted by atomic mass is 10.1. The van der Waals surface area contributed by atoms with Crippen LogP contribution in [-0.4, -0.2) is 43.5 Å². The van der Waals surface area contributed by atoms with Gasteiger partial charge in [-0.3, -0.25) is 4.90 Å². The first kappa shape index (κ1) is 13.3. The zero-order valence-corrected chi connectivity index (χ0v) is 11.2. The van der Waals surface area contributed by atoms with Gasteiger partial charge in [0.1, 0.15) is 0 Å². The highest BCUT2D eigenvalue weighted by atomic mass is 32.1. The Morgan fingerprint density at radius 3 is 2.53 bits per heavy atom. The molecule has 0 aromatic rings. The van der Waals surface area contributed by atoms with Crippen LogP contribution in [0.5, 0.6) is 0 Å². The summed E-state index contributed by atoms with van der Waals surface area (Å²) in [7, 11) is 1.78. The van der Waals surface area contributed by atoms with Crippen molar-refractivity contribution in [2.45, 2.75) is 39.2 Å². The highest BCUT2D eigenvalue weighted by Crippen LogP contribution is 2.47. The molecule has 0 aromatic heterocycles. The number of ether oxygens (including phenoxy) is 1. The van der Waals surface area contributed by atoms with Crippen LogP contribution in [0.25, 0.3) is 0 Å². The van der Waals surface area contributed by atoms with E-state index in [-0.39, 0.29) is 0 Å². The Morgan fingerprint density at radius 1 is 1.47 bits per heavy atom. The molecule has 0 spiro atoms. The lowest BCUT2D eigenvalue weighted by molar-refractivity contribution is 0.109. The van der Waals surface area contributed by atoms with Gasteiger partial charge < -0.3 is 4.74 Å². The average Bonchev–Trinajstić information content (AvgIpc) is 3.03. The number of hydrogen-bond donors (Lipinski definition) is 1. The molecule has 1 saturated carbocycles. The molecule has 1 atom stereocenters. The van der Waals surface area contributed by atoms with Crippen LogP contribution in [0, 0.1) is 5.41 Å². The SMILES string of the molecule is CCC(C)N(CCOC)CC1(CS)CC1. The van der Waals surface area contributed by atoms with E-state index in [9.17, 15) is 0 Å². The Hall–Kier alpha value is 0.270. The number of nitrogens with zero attached hydrogens (tertiary/aromatic N) is 1. The van der Waals surface area contributed by atoms with E-state index in [1.807, 2.05) is 0 Å². The maximum Gasteiger partial charge on any atom is 0.0589 e. The standard InChI is InChI=1S/C12H25NOS/c1-4-11(2)13(7-8-14-3)9-12(10-15)5-6-12/h11,15H,4-10H2,1-3H3. The Labute approximate surface area is 99.8 Å². The first-order valence-electron chi connectivity index (χ1n) is 6.01. The van der Waals surface area contributed by atoms with E-state index in [0.717, 1.165) is 18.9 Å². The van der Waals surface area contributed by atoms with E-state index >= 15 is 0 Å². The van der Waals surface area contributed by atoms with Gasteiger partial charge in [0.25, 0.3) is 0 Å². The molecule has 0 saturated heterocycles. The summed E-state index contributed by atoms with van der Waals surface area (Å²) >= 11 is 4.47. The minimum absolute atomic E-state index is 0.528. The van der Waals surface area contributed by atoms with Crippen molar-refractivity contribution in [2.75, 3.05) is 32.6 Å². The first-order chi connectivity index (χ1) is 7.17. The van der Waals surface area contributed by atoms with Crippen molar-refractivity contribution >= 4 is 12.6 Å². The predicted octanol–water partition coefficient (Wildman–Crippen LogP) is 2.44. The lowest BCUT2D eigenvalue weighted by Gasteiger charge is -2.31. The molecule has 3 heteroatoms. The molecular formula is C12H25NOS. The third-order valence-corrected chi connectivity index (χ3v) is 4.30. The molecule has 0 heterocycles. The zero-order chi connectivity index (χ0) is 11.3. The third kappa shape index (κ3) is 3.97. The maximum absolute atomic E-state index is 5.17. The third-order valence-electron chi connectivity index (χ3n) is 3.63. The summed E-state index contributed by atoms with van der Waals surface area (Å²) in [5.74, 6) is 1.03. The summed E-state index contributed by atoms with van der Waals surface area (Å²) in [6.45, 7) is 7.66. The molecular weight excluding hydrogens is 206 g/mol. The molecule has 90 valence electrons. The van der Waals surface area contributed by atoms with Crippen molar-refractivity contribution in [3.05, 3.63) is 0 Å². The largest absolute Gasteiger partial charge is 0.383 e. The highest BCUT2D eigenvalue weighted by molar-refractivity contribution is 7.80. The summed E-state index contributed by atoms with van der Waals surface area (Å²) in [5, 5.41) is 0. The minimum Gasteiger partial charge on any atom is -0.383 e. The van der Waals surface area contributed by atoms with Crippen LogP contribution in [0.1, 0.15) is 33.1 Å². The number of rotatable bonds is 8. The van der Waals surface area contributed by atoms with Gasteiger partial charge in [0, 0.05) is 26.2 Å². The van der Waals surface area contributed by atoms with Crippen LogP contribution in [0.2, 0.25) is 0 Å². The molecule has 0 aliphatic heterocycles. The predicted molar refractivity (Wildman–Crippen MR) is 68.7 cm³/mol. The second-order valence-corrected chi connectivity index (χ2v) is 5.19. The van der Waals surface area contributed by atoms with Gasteiger partial charge in [-0.05, 0) is 37.4 Å². The van der Waals surface area contributed by atoms with E-state index in [1.54, 1.807) is 7.11 Å². The number of methoxy groups -OCH3 is 1. The van der Waals surface area contributed by atoms with Gasteiger partial charge in [0.2, 0.25) is 0 Å². The van der Waals surface area contributed by atoms with E-state index in [0.29, 0.717) is 11.5 Å². The van der Waals surface area contributed by atoms with Gasteiger partial charge >= 0.3 is 0 Å². The summed E-state index contributed by atoms with van der Waals surface area (Å²) < 4.78 is 5.17. The van der Waals surface area contributed by atoms with Crippen molar-refractivity contribution in [3.8, 4) is 0 Å². The van der Waals surface area contributed by atoms with Crippen LogP contribution in [-0.2, 0) is 4.74 Å². The first-order valence-corrected chi connectivity index (χ1v) is 6.64. The smallest absolute Gasteiger partial charge is 0.0589 e. The Bertz CT molecular complexity index is 182. The molecule has 0 amide bonds. The Kier molecular flexibility index (Phi) is 5.44. The van der Waals surface area contributed by atoms with Crippen LogP contribution >= 0.6 is 12.6 Å². The van der Waals surface area contributed by atoms with Crippen molar-refractivity contribution < 1.29 is 4.74 Å². The van der Waals surface area contributed by atoms with E-state index in [1.165, 1.54) is 25.8 Å². The maximum atomic E-state index is 5.17. The quantitative estimate of drug-likeness (QED) is 0.644. The normalized spacial score (nSPS) is 20.6. The van der Waals surface area contributed by atoms with Crippen LogP contribution < -0.4 is 0 Å². The summed E-state index contributed by atoms with van der Waals surface area (Å²) in [4.78, 5) is 2.56. The van der Waals surface area contributed by atoms with Gasteiger partial charge in [0.15, 0.2) is 0 Å². The second-order valence-electron chi connectivity index (χ2n) is 4.88. The second kappa shape index (κ2) is 6.12. The summed E-state index contributed by atoms with van der Waals surface area (Å²) in [5.41, 5.74) is 0.528. The van der Waals surface area contributed by atoms with Crippen molar-refractivity contribution in [2.24, 2.45) is 5.41 Å². The van der Waals surface area contributed by atoms with E-state index in [4.69, 9.17) is 4.74 Å². The molecule has 0 radical (unpaired) electrons. The molecule has 0 N–H and O–H groups in total. The molecule has 0 aromatic carbocycles. The van der Waals surface area contributed by atoms with Crippen LogP contribution in [0.4, 0.5) is 0 Å². The Morgan fingerprint density at radius 2 is 2.13 bits per heavy atom. The fourth-order valence-electron chi connectivity index (χ4n) is 1.90. The van der Waals surface area contributed by atoms with Gasteiger partial charge in [-0.1, -0.05) is 6.92 Å². The van der Waals surface area contributed by atoms with Crippen molar-refractivity contribution in [3.63, 3.8) is 0 Å². The monoisotopic (exact) mass is 231 g/mol.